The Morgan fingerprint density at radius 2 is 1.79 bits per heavy atom. The molecule has 1 heterocycles. The minimum atomic E-state index is -3.55. The van der Waals surface area contributed by atoms with Gasteiger partial charge in [0, 0.05) is 26.2 Å². The lowest BCUT2D eigenvalue weighted by atomic mass is 10.2. The van der Waals surface area contributed by atoms with Gasteiger partial charge < -0.3 is 5.32 Å². The molecule has 1 aliphatic heterocycles. The van der Waals surface area contributed by atoms with Gasteiger partial charge in [-0.1, -0.05) is 24.3 Å². The molecule has 2 aromatic carbocycles. The highest BCUT2D eigenvalue weighted by atomic mass is 32.2. The van der Waals surface area contributed by atoms with Crippen LogP contribution in [0.1, 0.15) is 16.7 Å². The summed E-state index contributed by atoms with van der Waals surface area (Å²) < 4.78 is 27.5. The summed E-state index contributed by atoms with van der Waals surface area (Å²) in [5.41, 5.74) is 2.53. The predicted octanol–water partition coefficient (Wildman–Crippen LogP) is 2.12. The van der Waals surface area contributed by atoms with E-state index in [2.05, 4.69) is 5.32 Å². The quantitative estimate of drug-likeness (QED) is 0.812. The second kappa shape index (κ2) is 8.74. The van der Waals surface area contributed by atoms with Crippen LogP contribution in [-0.2, 0) is 14.8 Å². The fourth-order valence-electron chi connectivity index (χ4n) is 3.33. The van der Waals surface area contributed by atoms with Crippen molar-refractivity contribution in [2.75, 3.05) is 38.0 Å². The SMILES string of the molecule is Cc1ccc(C)c(S(=O)(=O)N2CCN(CC(=O)Nc3ccccc3C#N)CC2)c1. The topological polar surface area (TPSA) is 93.5 Å². The van der Waals surface area contributed by atoms with Crippen molar-refractivity contribution in [2.45, 2.75) is 18.7 Å². The molecule has 0 spiro atoms. The van der Waals surface area contributed by atoms with Crippen LogP contribution in [0.3, 0.4) is 0 Å². The summed E-state index contributed by atoms with van der Waals surface area (Å²) in [4.78, 5) is 14.6. The lowest BCUT2D eigenvalue weighted by Crippen LogP contribution is -2.50. The molecular formula is C21H24N4O3S. The summed E-state index contributed by atoms with van der Waals surface area (Å²) in [6.07, 6.45) is 0. The van der Waals surface area contributed by atoms with E-state index in [9.17, 15) is 13.2 Å². The number of aryl methyl sites for hydroxylation is 2. The summed E-state index contributed by atoms with van der Waals surface area (Å²) in [6.45, 7) is 5.42. The molecule has 1 amide bonds. The number of nitrogens with one attached hydrogen (secondary N) is 1. The normalized spacial score (nSPS) is 15.6. The fraction of sp³-hybridized carbons (Fsp3) is 0.333. The lowest BCUT2D eigenvalue weighted by Gasteiger charge is -2.33. The van der Waals surface area contributed by atoms with Crippen molar-refractivity contribution in [2.24, 2.45) is 0 Å². The van der Waals surface area contributed by atoms with E-state index in [1.807, 2.05) is 30.0 Å². The second-order valence-corrected chi connectivity index (χ2v) is 9.06. The molecule has 1 fully saturated rings. The highest BCUT2D eigenvalue weighted by Gasteiger charge is 2.30. The number of anilines is 1. The molecule has 0 atom stereocenters. The Bertz CT molecular complexity index is 1050. The molecule has 3 rings (SSSR count). The van der Waals surface area contributed by atoms with E-state index in [1.54, 1.807) is 37.3 Å². The number of benzene rings is 2. The molecule has 2 aromatic rings. The third kappa shape index (κ3) is 4.82. The van der Waals surface area contributed by atoms with Crippen LogP contribution in [0.5, 0.6) is 0 Å². The summed E-state index contributed by atoms with van der Waals surface area (Å²) in [6, 6.07) is 14.3. The van der Waals surface area contributed by atoms with Crippen molar-refractivity contribution in [1.29, 1.82) is 5.26 Å². The van der Waals surface area contributed by atoms with Crippen molar-refractivity contribution in [3.05, 3.63) is 59.2 Å². The van der Waals surface area contributed by atoms with Crippen LogP contribution in [0.4, 0.5) is 5.69 Å². The van der Waals surface area contributed by atoms with Gasteiger partial charge in [-0.3, -0.25) is 9.69 Å². The van der Waals surface area contributed by atoms with Gasteiger partial charge in [0.05, 0.1) is 22.7 Å². The van der Waals surface area contributed by atoms with Crippen LogP contribution in [0.25, 0.3) is 0 Å². The minimum absolute atomic E-state index is 0.150. The number of carbonyl (C=O) groups excluding carboxylic acids is 1. The van der Waals surface area contributed by atoms with Gasteiger partial charge in [0.25, 0.3) is 0 Å². The molecule has 1 N–H and O–H groups in total. The maximum Gasteiger partial charge on any atom is 0.243 e. The highest BCUT2D eigenvalue weighted by Crippen LogP contribution is 2.22. The Morgan fingerprint density at radius 1 is 1.10 bits per heavy atom. The number of nitrogens with zero attached hydrogens (tertiary/aromatic N) is 3. The fourth-order valence-corrected chi connectivity index (χ4v) is 5.07. The van der Waals surface area contributed by atoms with E-state index in [4.69, 9.17) is 5.26 Å². The lowest BCUT2D eigenvalue weighted by molar-refractivity contribution is -0.117. The smallest absolute Gasteiger partial charge is 0.243 e. The molecule has 8 heteroatoms. The molecule has 29 heavy (non-hydrogen) atoms. The Labute approximate surface area is 171 Å². The third-order valence-electron chi connectivity index (χ3n) is 4.98. The first-order chi connectivity index (χ1) is 13.8. The number of piperazine rings is 1. The monoisotopic (exact) mass is 412 g/mol. The number of nitriles is 1. The number of para-hydroxylation sites is 1. The largest absolute Gasteiger partial charge is 0.324 e. The van der Waals surface area contributed by atoms with Gasteiger partial charge in [0.2, 0.25) is 15.9 Å². The number of rotatable bonds is 5. The van der Waals surface area contributed by atoms with Gasteiger partial charge in [-0.15, -0.1) is 0 Å². The van der Waals surface area contributed by atoms with Gasteiger partial charge in [-0.25, -0.2) is 8.42 Å². The Kier molecular flexibility index (Phi) is 6.33. The van der Waals surface area contributed by atoms with Gasteiger partial charge in [0.15, 0.2) is 0 Å². The van der Waals surface area contributed by atoms with Crippen molar-refractivity contribution >= 4 is 21.6 Å². The summed E-state index contributed by atoms with van der Waals surface area (Å²) >= 11 is 0. The molecule has 0 radical (unpaired) electrons. The van der Waals surface area contributed by atoms with Gasteiger partial charge in [-0.2, -0.15) is 9.57 Å². The zero-order valence-electron chi connectivity index (χ0n) is 16.6. The standard InChI is InChI=1S/C21H24N4O3S/c1-16-7-8-17(2)20(13-16)29(27,28)25-11-9-24(10-12-25)15-21(26)23-19-6-4-3-5-18(19)14-22/h3-8,13H,9-12,15H2,1-2H3,(H,23,26). The first-order valence-corrected chi connectivity index (χ1v) is 10.8. The average molecular weight is 413 g/mol. The maximum absolute atomic E-state index is 13.0. The van der Waals surface area contributed by atoms with E-state index < -0.39 is 10.0 Å². The first-order valence-electron chi connectivity index (χ1n) is 9.40. The summed E-state index contributed by atoms with van der Waals surface area (Å²) in [5, 5.41) is 11.9. The van der Waals surface area contributed by atoms with Crippen LogP contribution in [0.2, 0.25) is 0 Å². The van der Waals surface area contributed by atoms with E-state index in [1.165, 1.54) is 4.31 Å². The molecule has 0 saturated carbocycles. The van der Waals surface area contributed by atoms with Crippen LogP contribution >= 0.6 is 0 Å². The molecule has 0 aliphatic carbocycles. The van der Waals surface area contributed by atoms with Crippen LogP contribution < -0.4 is 5.32 Å². The number of sulfonamides is 1. The van der Waals surface area contributed by atoms with Crippen LogP contribution in [-0.4, -0.2) is 56.3 Å². The number of carbonyl (C=O) groups is 1. The second-order valence-electron chi connectivity index (χ2n) is 7.15. The van der Waals surface area contributed by atoms with Crippen LogP contribution in [0.15, 0.2) is 47.4 Å². The molecular weight excluding hydrogens is 388 g/mol. The predicted molar refractivity (Wildman–Crippen MR) is 111 cm³/mol. The van der Waals surface area contributed by atoms with E-state index in [0.717, 1.165) is 11.1 Å². The maximum atomic E-state index is 13.0. The highest BCUT2D eigenvalue weighted by molar-refractivity contribution is 7.89. The third-order valence-corrected chi connectivity index (χ3v) is 7.02. The van der Waals surface area contributed by atoms with Crippen molar-refractivity contribution in [1.82, 2.24) is 9.21 Å². The molecule has 1 aliphatic rings. The van der Waals surface area contributed by atoms with E-state index >= 15 is 0 Å². The average Bonchev–Trinajstić information content (AvgIpc) is 2.70. The Morgan fingerprint density at radius 3 is 2.48 bits per heavy atom. The molecule has 1 saturated heterocycles. The van der Waals surface area contributed by atoms with Gasteiger partial charge in [-0.05, 0) is 43.2 Å². The minimum Gasteiger partial charge on any atom is -0.324 e. The van der Waals surface area contributed by atoms with Gasteiger partial charge >= 0.3 is 0 Å². The van der Waals surface area contributed by atoms with E-state index in [0.29, 0.717) is 42.3 Å². The Hall–Kier alpha value is -2.73. The van der Waals surface area contributed by atoms with Crippen LogP contribution in [0, 0.1) is 25.2 Å². The van der Waals surface area contributed by atoms with Crippen molar-refractivity contribution in [3.8, 4) is 6.07 Å². The molecule has 7 nitrogen and oxygen atoms in total. The summed E-state index contributed by atoms with van der Waals surface area (Å²) in [7, 11) is -3.55. The number of hydrogen-bond acceptors (Lipinski definition) is 5. The Balaban J connectivity index is 1.60. The van der Waals surface area contributed by atoms with Crippen molar-refractivity contribution < 1.29 is 13.2 Å². The number of hydrogen-bond donors (Lipinski definition) is 1. The van der Waals surface area contributed by atoms with Crippen molar-refractivity contribution in [3.63, 3.8) is 0 Å². The first kappa shape index (κ1) is 21.0. The molecule has 152 valence electrons. The summed E-state index contributed by atoms with van der Waals surface area (Å²) in [5.74, 6) is -0.224. The zero-order chi connectivity index (χ0) is 21.0. The number of amides is 1. The molecule has 0 aromatic heterocycles. The zero-order valence-corrected chi connectivity index (χ0v) is 17.4. The van der Waals surface area contributed by atoms with E-state index in [-0.39, 0.29) is 12.5 Å². The molecule has 0 unspecified atom stereocenters. The van der Waals surface area contributed by atoms with Gasteiger partial charge in [0.1, 0.15) is 6.07 Å². The molecule has 0 bridgehead atoms.